The highest BCUT2D eigenvalue weighted by atomic mass is 16.5. The first-order valence-corrected chi connectivity index (χ1v) is 6.33. The van der Waals surface area contributed by atoms with E-state index in [1.165, 1.54) is 11.1 Å². The first kappa shape index (κ1) is 13.6. The Kier molecular flexibility index (Phi) is 4.20. The molecule has 0 aromatic heterocycles. The first-order valence-electron chi connectivity index (χ1n) is 6.33. The van der Waals surface area contributed by atoms with E-state index in [0.29, 0.717) is 0 Å². The first-order chi connectivity index (χ1) is 9.15. The van der Waals surface area contributed by atoms with Crippen LogP contribution in [0.5, 0.6) is 5.75 Å². The van der Waals surface area contributed by atoms with Crippen molar-refractivity contribution in [1.29, 1.82) is 0 Å². The number of ether oxygens (including phenoxy) is 1. The summed E-state index contributed by atoms with van der Waals surface area (Å²) in [7, 11) is 1.67. The molecule has 0 bridgehead atoms. The number of hydrogen-bond donors (Lipinski definition) is 2. The van der Waals surface area contributed by atoms with Crippen LogP contribution in [0.25, 0.3) is 0 Å². The van der Waals surface area contributed by atoms with Crippen LogP contribution in [0.15, 0.2) is 42.5 Å². The zero-order chi connectivity index (χ0) is 13.8. The van der Waals surface area contributed by atoms with E-state index in [1.54, 1.807) is 7.11 Å². The molecule has 0 heterocycles. The van der Waals surface area contributed by atoms with Crippen LogP contribution in [0.2, 0.25) is 0 Å². The van der Waals surface area contributed by atoms with Crippen LogP contribution >= 0.6 is 0 Å². The van der Waals surface area contributed by atoms with Gasteiger partial charge in [0.1, 0.15) is 5.75 Å². The molecule has 3 nitrogen and oxygen atoms in total. The Bertz CT molecular complexity index is 566. The molecule has 0 spiro atoms. The Morgan fingerprint density at radius 2 is 1.74 bits per heavy atom. The quantitative estimate of drug-likeness (QED) is 0.653. The van der Waals surface area contributed by atoms with E-state index < -0.39 is 0 Å². The lowest BCUT2D eigenvalue weighted by Gasteiger charge is -2.18. The number of rotatable bonds is 4. The molecule has 0 saturated carbocycles. The van der Waals surface area contributed by atoms with E-state index in [4.69, 9.17) is 10.6 Å². The number of nitrogens with one attached hydrogen (secondary N) is 1. The van der Waals surface area contributed by atoms with Crippen LogP contribution in [0.3, 0.4) is 0 Å². The summed E-state index contributed by atoms with van der Waals surface area (Å²) >= 11 is 0. The summed E-state index contributed by atoms with van der Waals surface area (Å²) in [5.41, 5.74) is 7.66. The summed E-state index contributed by atoms with van der Waals surface area (Å²) in [4.78, 5) is 0. The summed E-state index contributed by atoms with van der Waals surface area (Å²) in [6, 6.07) is 14.3. The van der Waals surface area contributed by atoms with Gasteiger partial charge in [0.25, 0.3) is 0 Å². The van der Waals surface area contributed by atoms with Crippen LogP contribution in [0.1, 0.15) is 28.3 Å². The van der Waals surface area contributed by atoms with Gasteiger partial charge in [-0.1, -0.05) is 30.3 Å². The molecule has 0 radical (unpaired) electrons. The third-order valence-corrected chi connectivity index (χ3v) is 3.46. The van der Waals surface area contributed by atoms with E-state index in [9.17, 15) is 0 Å². The van der Waals surface area contributed by atoms with Crippen molar-refractivity contribution in [2.24, 2.45) is 5.84 Å². The topological polar surface area (TPSA) is 47.3 Å². The lowest BCUT2D eigenvalue weighted by molar-refractivity contribution is 0.413. The number of hydrogen-bond acceptors (Lipinski definition) is 3. The number of nitrogens with two attached hydrogens (primary N) is 1. The lowest BCUT2D eigenvalue weighted by Crippen LogP contribution is -2.28. The average molecular weight is 256 g/mol. The molecule has 100 valence electrons. The maximum absolute atomic E-state index is 5.73. The fourth-order valence-corrected chi connectivity index (χ4v) is 2.15. The van der Waals surface area contributed by atoms with Crippen LogP contribution in [-0.2, 0) is 0 Å². The van der Waals surface area contributed by atoms with Gasteiger partial charge < -0.3 is 4.74 Å². The third kappa shape index (κ3) is 2.95. The number of methoxy groups -OCH3 is 1. The minimum Gasteiger partial charge on any atom is -0.497 e. The highest BCUT2D eigenvalue weighted by Crippen LogP contribution is 2.25. The van der Waals surface area contributed by atoms with Gasteiger partial charge in [-0.25, -0.2) is 5.43 Å². The third-order valence-electron chi connectivity index (χ3n) is 3.46. The van der Waals surface area contributed by atoms with Crippen molar-refractivity contribution in [2.75, 3.05) is 7.11 Å². The molecule has 3 heteroatoms. The fourth-order valence-electron chi connectivity index (χ4n) is 2.15. The summed E-state index contributed by atoms with van der Waals surface area (Å²) in [6.07, 6.45) is 0. The van der Waals surface area contributed by atoms with E-state index in [0.717, 1.165) is 16.9 Å². The lowest BCUT2D eigenvalue weighted by atomic mass is 9.96. The average Bonchev–Trinajstić information content (AvgIpc) is 2.44. The van der Waals surface area contributed by atoms with Crippen molar-refractivity contribution in [3.05, 3.63) is 64.7 Å². The summed E-state index contributed by atoms with van der Waals surface area (Å²) in [6.45, 7) is 4.22. The molecule has 2 aromatic carbocycles. The van der Waals surface area contributed by atoms with Crippen molar-refractivity contribution in [2.45, 2.75) is 19.9 Å². The largest absolute Gasteiger partial charge is 0.497 e. The van der Waals surface area contributed by atoms with Crippen LogP contribution in [0, 0.1) is 13.8 Å². The van der Waals surface area contributed by atoms with Crippen LogP contribution in [0.4, 0.5) is 0 Å². The number of aryl methyl sites for hydroxylation is 2. The maximum atomic E-state index is 5.73. The van der Waals surface area contributed by atoms with Gasteiger partial charge in [0, 0.05) is 0 Å². The molecule has 0 aliphatic heterocycles. The molecular formula is C16H20N2O. The molecule has 0 saturated heterocycles. The summed E-state index contributed by atoms with van der Waals surface area (Å²) in [5, 5.41) is 0. The normalized spacial score (nSPS) is 12.2. The van der Waals surface area contributed by atoms with Gasteiger partial charge in [-0.2, -0.15) is 0 Å². The molecule has 1 atom stereocenters. The van der Waals surface area contributed by atoms with Crippen molar-refractivity contribution < 1.29 is 4.74 Å². The van der Waals surface area contributed by atoms with E-state index in [1.807, 2.05) is 24.3 Å². The zero-order valence-corrected chi connectivity index (χ0v) is 11.6. The predicted octanol–water partition coefficient (Wildman–Crippen LogP) is 2.86. The molecule has 3 N–H and O–H groups in total. The maximum Gasteiger partial charge on any atom is 0.119 e. The second kappa shape index (κ2) is 5.87. The van der Waals surface area contributed by atoms with E-state index >= 15 is 0 Å². The standard InChI is InChI=1S/C16H20N2O/c1-11-7-8-14(9-12(11)2)16(18-17)13-5-4-6-15(10-13)19-3/h4-10,16,18H,17H2,1-3H3. The van der Waals surface area contributed by atoms with Gasteiger partial charge in [0.05, 0.1) is 13.2 Å². The molecule has 2 rings (SSSR count). The molecule has 0 amide bonds. The number of benzene rings is 2. The molecule has 2 aromatic rings. The van der Waals surface area contributed by atoms with Gasteiger partial charge in [-0.15, -0.1) is 0 Å². The second-order valence-electron chi connectivity index (χ2n) is 4.72. The van der Waals surface area contributed by atoms with Gasteiger partial charge in [0.2, 0.25) is 0 Å². The molecule has 0 fully saturated rings. The minimum absolute atomic E-state index is 0.0330. The predicted molar refractivity (Wildman–Crippen MR) is 78.1 cm³/mol. The van der Waals surface area contributed by atoms with Crippen LogP contribution in [-0.4, -0.2) is 7.11 Å². The molecule has 1 unspecified atom stereocenters. The zero-order valence-electron chi connectivity index (χ0n) is 11.6. The highest BCUT2D eigenvalue weighted by Gasteiger charge is 2.13. The highest BCUT2D eigenvalue weighted by molar-refractivity contribution is 5.39. The molecule has 0 aliphatic rings. The number of hydrazine groups is 1. The Morgan fingerprint density at radius 1 is 1.00 bits per heavy atom. The van der Waals surface area contributed by atoms with Gasteiger partial charge in [-0.05, 0) is 48.2 Å². The summed E-state index contributed by atoms with van der Waals surface area (Å²) < 4.78 is 5.26. The van der Waals surface area contributed by atoms with Crippen LogP contribution < -0.4 is 16.0 Å². The van der Waals surface area contributed by atoms with Crippen molar-refractivity contribution in [1.82, 2.24) is 5.43 Å². The second-order valence-corrected chi connectivity index (χ2v) is 4.72. The van der Waals surface area contributed by atoms with E-state index in [-0.39, 0.29) is 6.04 Å². The Hall–Kier alpha value is -1.84. The van der Waals surface area contributed by atoms with E-state index in [2.05, 4.69) is 37.5 Å². The fraction of sp³-hybridized carbons (Fsp3) is 0.250. The Morgan fingerprint density at radius 3 is 2.37 bits per heavy atom. The van der Waals surface area contributed by atoms with Crippen molar-refractivity contribution in [3.63, 3.8) is 0 Å². The van der Waals surface area contributed by atoms with Crippen molar-refractivity contribution in [3.8, 4) is 5.75 Å². The minimum atomic E-state index is -0.0330. The summed E-state index contributed by atoms with van der Waals surface area (Å²) in [5.74, 6) is 6.56. The Labute approximate surface area is 114 Å². The van der Waals surface area contributed by atoms with Crippen molar-refractivity contribution >= 4 is 0 Å². The van der Waals surface area contributed by atoms with Gasteiger partial charge >= 0.3 is 0 Å². The molecule has 19 heavy (non-hydrogen) atoms. The Balaban J connectivity index is 2.40. The molecular weight excluding hydrogens is 236 g/mol. The SMILES string of the molecule is COc1cccc(C(NN)c2ccc(C)c(C)c2)c1. The smallest absolute Gasteiger partial charge is 0.119 e. The van der Waals surface area contributed by atoms with Gasteiger partial charge in [-0.3, -0.25) is 5.84 Å². The molecule has 0 aliphatic carbocycles. The monoisotopic (exact) mass is 256 g/mol. The van der Waals surface area contributed by atoms with Gasteiger partial charge in [0.15, 0.2) is 0 Å².